The highest BCUT2D eigenvalue weighted by Crippen LogP contribution is 2.62. The van der Waals surface area contributed by atoms with Gasteiger partial charge in [0.25, 0.3) is 0 Å². The standard InChI is InChI=1S/C110H98N2/c1-106(2,3)72-45-51-82-89(56-72)90-57-73(107(4,5)6)46-52-83(90)99(82)70-42-48-84-91(55-70)100(69-39-40-71(64-111)86(54-69)101-93-58-74(108(7,8)9)43-49-78(93)79-50-44-75(59-94(79)101)109(10,11)12)95-62-77(112-97-37-27-25-35-80(97)81-36-26-28-38-98(81)112)63-96-104(92-53-68(65-29-19-16-20-30-65)41-47-85(92)102(84)105(95)96)103-87(66-31-21-17-22-32-66)60-76(110(13,14)15)61-88(103)67-33-23-18-24-34-67/h16-63,99-102,104H,1-15H3/i16D,19D,20D,25D,26D,27D,28D,29D,30D,35D,36D,37D,38D. The summed E-state index contributed by atoms with van der Waals surface area (Å²) in [6.07, 6.45) is 0. The van der Waals surface area contributed by atoms with Crippen LogP contribution in [0.3, 0.4) is 0 Å². The second kappa shape index (κ2) is 25.7. The van der Waals surface area contributed by atoms with Crippen molar-refractivity contribution in [2.45, 2.75) is 161 Å². The number of benzene rings is 14. The zero-order valence-electron chi connectivity index (χ0n) is 79.5. The fourth-order valence-electron chi connectivity index (χ4n) is 19.0. The molecule has 0 spiro atoms. The first-order valence-electron chi connectivity index (χ1n) is 46.0. The smallest absolute Gasteiger partial charge is 0.0994 e. The summed E-state index contributed by atoms with van der Waals surface area (Å²) >= 11 is 0. The number of hydrogen-bond acceptors (Lipinski definition) is 1. The van der Waals surface area contributed by atoms with Crippen LogP contribution in [0.1, 0.15) is 268 Å². The van der Waals surface area contributed by atoms with Gasteiger partial charge in [-0.2, -0.15) is 5.26 Å². The van der Waals surface area contributed by atoms with E-state index in [0.29, 0.717) is 16.8 Å². The summed E-state index contributed by atoms with van der Waals surface area (Å²) < 4.78 is 127. The predicted molar refractivity (Wildman–Crippen MR) is 470 cm³/mol. The van der Waals surface area contributed by atoms with Gasteiger partial charge in [0.2, 0.25) is 0 Å². The van der Waals surface area contributed by atoms with E-state index in [0.717, 1.165) is 134 Å². The van der Waals surface area contributed by atoms with Crippen LogP contribution in [0.5, 0.6) is 0 Å². The van der Waals surface area contributed by atoms with Gasteiger partial charge in [-0.25, -0.2) is 0 Å². The van der Waals surface area contributed by atoms with Crippen molar-refractivity contribution in [3.8, 4) is 67.4 Å². The van der Waals surface area contributed by atoms with Crippen molar-refractivity contribution in [3.05, 3.63) is 408 Å². The second-order valence-electron chi connectivity index (χ2n) is 36.9. The molecule has 3 unspecified atom stereocenters. The predicted octanol–water partition coefficient (Wildman–Crippen LogP) is 28.6. The summed E-state index contributed by atoms with van der Waals surface area (Å²) in [7, 11) is 0. The van der Waals surface area contributed by atoms with Crippen LogP contribution >= 0.6 is 0 Å². The molecule has 0 saturated heterocycles. The number of para-hydroxylation sites is 2. The minimum absolute atomic E-state index is 0.0180. The van der Waals surface area contributed by atoms with Gasteiger partial charge in [0.15, 0.2) is 0 Å². The number of rotatable bonds is 8. The Morgan fingerprint density at radius 2 is 0.688 bits per heavy atom. The fourth-order valence-corrected chi connectivity index (χ4v) is 19.0. The summed E-state index contributed by atoms with van der Waals surface area (Å²) in [6, 6.07) is 72.9. The van der Waals surface area contributed by atoms with Crippen LogP contribution in [-0.2, 0) is 27.1 Å². The second-order valence-corrected chi connectivity index (χ2v) is 36.9. The van der Waals surface area contributed by atoms with Crippen molar-refractivity contribution in [3.63, 3.8) is 0 Å². The molecule has 3 atom stereocenters. The van der Waals surface area contributed by atoms with E-state index in [1.807, 2.05) is 54.6 Å². The van der Waals surface area contributed by atoms with Crippen LogP contribution in [-0.4, -0.2) is 4.57 Å². The van der Waals surface area contributed by atoms with Crippen LogP contribution < -0.4 is 0 Å². The van der Waals surface area contributed by atoms with Crippen molar-refractivity contribution >= 4 is 21.8 Å². The molecule has 548 valence electrons. The minimum atomic E-state index is -0.893. The van der Waals surface area contributed by atoms with Crippen molar-refractivity contribution in [2.75, 3.05) is 0 Å². The molecule has 0 amide bonds. The highest BCUT2D eigenvalue weighted by atomic mass is 15.0. The number of aromatic nitrogens is 1. The van der Waals surface area contributed by atoms with Gasteiger partial charge >= 0.3 is 0 Å². The summed E-state index contributed by atoms with van der Waals surface area (Å²) in [6.45, 7) is 33.5. The van der Waals surface area contributed by atoms with Gasteiger partial charge in [-0.1, -0.05) is 358 Å². The lowest BCUT2D eigenvalue weighted by molar-refractivity contribution is 0.588. The summed E-state index contributed by atoms with van der Waals surface area (Å²) in [5, 5.41) is 11.9. The molecule has 0 radical (unpaired) electrons. The largest absolute Gasteiger partial charge is 0.309 e. The van der Waals surface area contributed by atoms with Crippen LogP contribution in [0.15, 0.2) is 291 Å². The molecule has 2 nitrogen and oxygen atoms in total. The van der Waals surface area contributed by atoms with Gasteiger partial charge in [-0.15, -0.1) is 0 Å². The Labute approximate surface area is 681 Å². The number of fused-ring (bicyclic) bond motifs is 13. The Hall–Kier alpha value is -11.6. The lowest BCUT2D eigenvalue weighted by Gasteiger charge is -2.44. The first-order valence-corrected chi connectivity index (χ1v) is 39.5. The molecule has 19 rings (SSSR count). The first kappa shape index (κ1) is 57.4. The molecule has 0 saturated carbocycles. The van der Waals surface area contributed by atoms with E-state index in [1.54, 1.807) is 4.57 Å². The number of hydrogen-bond donors (Lipinski definition) is 0. The molecule has 15 aromatic rings. The SMILES string of the molecule is [2H]c1c([2H])c([2H])c(-c2ccc3c(c2)C(c2c(-c4ccccc4)cc(C(C)(C)C)cc2-c2ccccc2)c2cc(-n4c5c([2H])c([2H])c([2H])c([2H])c5c5c([2H])c([2H])c([2H])c([2H])c54)cc4c2C3c2ccc(C3c5ccc(C(C)(C)C)cc5-c5cc(C(C)(C)C)ccc53)cc2C4c2ccc(C#N)c(C3c4cc(C(C)(C)C)ccc4-c4ccc(C(C)(C)C)cc43)c2)c([2H])c1[2H]. The van der Waals surface area contributed by atoms with E-state index in [2.05, 4.69) is 268 Å². The molecule has 14 aromatic carbocycles. The summed E-state index contributed by atoms with van der Waals surface area (Å²) in [4.78, 5) is 0. The normalized spacial score (nSPS) is 17.4. The van der Waals surface area contributed by atoms with Gasteiger partial charge in [0.1, 0.15) is 0 Å². The Kier molecular flexibility index (Phi) is 13.2. The quantitative estimate of drug-likeness (QED) is 0.149. The van der Waals surface area contributed by atoms with Crippen molar-refractivity contribution in [1.82, 2.24) is 4.57 Å². The summed E-state index contributed by atoms with van der Waals surface area (Å²) in [5.41, 5.74) is 27.6. The van der Waals surface area contributed by atoms with Crippen LogP contribution in [0.25, 0.3) is 83.1 Å². The Balaban J connectivity index is 1.03. The molecule has 0 aliphatic heterocycles. The van der Waals surface area contributed by atoms with Crippen LogP contribution in [0, 0.1) is 11.3 Å². The van der Waals surface area contributed by atoms with E-state index in [9.17, 15) is 21.7 Å². The fraction of sp³-hybridized carbons (Fsp3) is 0.227. The van der Waals surface area contributed by atoms with Crippen molar-refractivity contribution in [2.24, 2.45) is 0 Å². The molecular weight excluding hydrogens is 1350 g/mol. The van der Waals surface area contributed by atoms with E-state index in [-0.39, 0.29) is 67.0 Å². The van der Waals surface area contributed by atoms with E-state index in [4.69, 9.17) is 1.37 Å². The Morgan fingerprint density at radius 3 is 1.20 bits per heavy atom. The molecule has 4 aliphatic rings. The van der Waals surface area contributed by atoms with Gasteiger partial charge in [-0.05, 0) is 230 Å². The van der Waals surface area contributed by atoms with Crippen molar-refractivity contribution < 1.29 is 17.8 Å². The lowest BCUT2D eigenvalue weighted by Crippen LogP contribution is -2.29. The third-order valence-corrected chi connectivity index (χ3v) is 24.8. The molecule has 1 aromatic heterocycles. The highest BCUT2D eigenvalue weighted by Gasteiger charge is 2.46. The maximum absolute atomic E-state index is 12.0. The maximum Gasteiger partial charge on any atom is 0.0994 e. The Morgan fingerprint density at radius 1 is 0.277 bits per heavy atom. The van der Waals surface area contributed by atoms with E-state index in [1.165, 1.54) is 22.3 Å². The minimum Gasteiger partial charge on any atom is -0.309 e. The molecule has 0 bridgehead atoms. The average Bonchev–Trinajstić information content (AvgIpc) is 1.67. The highest BCUT2D eigenvalue weighted by molar-refractivity contribution is 6.09. The first-order chi connectivity index (χ1) is 59.1. The van der Waals surface area contributed by atoms with Gasteiger partial charge in [-0.3, -0.25) is 0 Å². The zero-order chi connectivity index (χ0) is 88.7. The molecular formula is C110H98N2. The topological polar surface area (TPSA) is 28.7 Å². The van der Waals surface area contributed by atoms with Crippen LogP contribution in [0.2, 0.25) is 0 Å². The third-order valence-electron chi connectivity index (χ3n) is 24.8. The lowest BCUT2D eigenvalue weighted by atomic mass is 9.59. The van der Waals surface area contributed by atoms with E-state index >= 15 is 0 Å². The molecule has 0 N–H and O–H groups in total. The molecule has 112 heavy (non-hydrogen) atoms. The maximum atomic E-state index is 12.0. The summed E-state index contributed by atoms with van der Waals surface area (Å²) in [5.74, 6) is -3.06. The molecule has 1 heterocycles. The molecule has 2 heteroatoms. The number of nitriles is 1. The molecule has 4 aliphatic carbocycles. The van der Waals surface area contributed by atoms with Crippen LogP contribution in [0.4, 0.5) is 0 Å². The third kappa shape index (κ3) is 11.5. The average molecular weight is 1460 g/mol. The van der Waals surface area contributed by atoms with Gasteiger partial charge < -0.3 is 4.57 Å². The monoisotopic (exact) mass is 1460 g/mol. The van der Waals surface area contributed by atoms with Gasteiger partial charge in [0, 0.05) is 46.0 Å². The Bertz CT molecular complexity index is 6960. The molecule has 0 fully saturated rings. The van der Waals surface area contributed by atoms with E-state index < -0.39 is 95.6 Å². The zero-order valence-corrected chi connectivity index (χ0v) is 66.5. The van der Waals surface area contributed by atoms with Crippen molar-refractivity contribution in [1.29, 1.82) is 5.26 Å². The van der Waals surface area contributed by atoms with Gasteiger partial charge in [0.05, 0.1) is 40.5 Å². The number of nitrogens with zero attached hydrogens (tertiary/aromatic N) is 2.